The van der Waals surface area contributed by atoms with Crippen molar-refractivity contribution in [2.75, 3.05) is 18.0 Å². The number of alkyl halides is 2. The van der Waals surface area contributed by atoms with Crippen molar-refractivity contribution in [3.63, 3.8) is 0 Å². The van der Waals surface area contributed by atoms with Crippen molar-refractivity contribution in [2.45, 2.75) is 39.3 Å². The SMILES string of the molecule is CC(C)C(=O)NC1CCCN(c2ccc([N+](=O)[O-])c(OC(F)F)c2)C1. The lowest BCUT2D eigenvalue weighted by molar-refractivity contribution is -0.386. The Hall–Kier alpha value is -2.45. The van der Waals surface area contributed by atoms with Gasteiger partial charge in [-0.1, -0.05) is 13.8 Å². The van der Waals surface area contributed by atoms with Crippen LogP contribution in [0, 0.1) is 16.0 Å². The Morgan fingerprint density at radius 3 is 2.76 bits per heavy atom. The van der Waals surface area contributed by atoms with Crippen LogP contribution in [0.1, 0.15) is 26.7 Å². The molecule has 1 N–H and O–H groups in total. The highest BCUT2D eigenvalue weighted by Crippen LogP contribution is 2.33. The molecule has 1 amide bonds. The predicted molar refractivity (Wildman–Crippen MR) is 87.9 cm³/mol. The summed E-state index contributed by atoms with van der Waals surface area (Å²) >= 11 is 0. The second-order valence-corrected chi connectivity index (χ2v) is 6.24. The molecule has 1 aromatic rings. The molecule has 1 heterocycles. The Balaban J connectivity index is 2.16. The number of carbonyl (C=O) groups excluding carboxylic acids is 1. The summed E-state index contributed by atoms with van der Waals surface area (Å²) in [7, 11) is 0. The summed E-state index contributed by atoms with van der Waals surface area (Å²) in [5, 5.41) is 13.9. The normalized spacial score (nSPS) is 17.7. The summed E-state index contributed by atoms with van der Waals surface area (Å²) in [4.78, 5) is 23.9. The standard InChI is InChI=1S/C16H21F2N3O4/c1-10(2)15(22)19-11-4-3-7-20(9-11)12-5-6-13(21(23)24)14(8-12)25-16(17)18/h5-6,8,10-11,16H,3-4,7,9H2,1-2H3,(H,19,22). The summed E-state index contributed by atoms with van der Waals surface area (Å²) in [6.07, 6.45) is 1.63. The molecule has 138 valence electrons. The Morgan fingerprint density at radius 1 is 1.44 bits per heavy atom. The van der Waals surface area contributed by atoms with Crippen molar-refractivity contribution in [3.8, 4) is 5.75 Å². The third kappa shape index (κ3) is 5.01. The number of hydrogen-bond donors (Lipinski definition) is 1. The molecule has 0 aromatic heterocycles. The van der Waals surface area contributed by atoms with Gasteiger partial charge in [0.15, 0.2) is 0 Å². The van der Waals surface area contributed by atoms with Gasteiger partial charge in [0.05, 0.1) is 4.92 Å². The molecule has 0 aliphatic carbocycles. The van der Waals surface area contributed by atoms with Crippen LogP contribution in [0.5, 0.6) is 5.75 Å². The van der Waals surface area contributed by atoms with E-state index in [0.717, 1.165) is 18.9 Å². The maximum atomic E-state index is 12.5. The largest absolute Gasteiger partial charge is 0.427 e. The van der Waals surface area contributed by atoms with Crippen LogP contribution in [0.4, 0.5) is 20.2 Å². The molecule has 1 atom stereocenters. The third-order valence-corrected chi connectivity index (χ3v) is 4.01. The number of carbonyl (C=O) groups is 1. The van der Waals surface area contributed by atoms with Gasteiger partial charge in [-0.2, -0.15) is 8.78 Å². The van der Waals surface area contributed by atoms with Crippen molar-refractivity contribution >= 4 is 17.3 Å². The van der Waals surface area contributed by atoms with E-state index in [1.807, 2.05) is 4.90 Å². The summed E-state index contributed by atoms with van der Waals surface area (Å²) < 4.78 is 29.3. The molecule has 0 saturated carbocycles. The van der Waals surface area contributed by atoms with Gasteiger partial charge in [-0.05, 0) is 18.9 Å². The second-order valence-electron chi connectivity index (χ2n) is 6.24. The number of nitro benzene ring substituents is 1. The van der Waals surface area contributed by atoms with Crippen LogP contribution >= 0.6 is 0 Å². The van der Waals surface area contributed by atoms with Crippen LogP contribution in [-0.2, 0) is 4.79 Å². The zero-order valence-corrected chi connectivity index (χ0v) is 14.1. The fourth-order valence-electron chi connectivity index (χ4n) is 2.74. The first kappa shape index (κ1) is 18.9. The van der Waals surface area contributed by atoms with Gasteiger partial charge in [-0.3, -0.25) is 14.9 Å². The molecule has 1 saturated heterocycles. The lowest BCUT2D eigenvalue weighted by Crippen LogP contribution is -2.48. The first-order chi connectivity index (χ1) is 11.8. The maximum absolute atomic E-state index is 12.5. The summed E-state index contributed by atoms with van der Waals surface area (Å²) in [5.74, 6) is -0.635. The van der Waals surface area contributed by atoms with Crippen LogP contribution < -0.4 is 15.0 Å². The molecule has 2 rings (SSSR count). The summed E-state index contributed by atoms with van der Waals surface area (Å²) in [6.45, 7) is 1.64. The number of nitrogens with zero attached hydrogens (tertiary/aromatic N) is 2. The highest BCUT2D eigenvalue weighted by Gasteiger charge is 2.25. The minimum absolute atomic E-state index is 0.0442. The van der Waals surface area contributed by atoms with E-state index in [0.29, 0.717) is 18.8 Å². The number of amides is 1. The van der Waals surface area contributed by atoms with E-state index in [2.05, 4.69) is 10.1 Å². The Labute approximate surface area is 144 Å². The Kier molecular flexibility index (Phi) is 6.11. The average molecular weight is 357 g/mol. The molecule has 0 spiro atoms. The molecule has 0 radical (unpaired) electrons. The summed E-state index contributed by atoms with van der Waals surface area (Å²) in [6, 6.07) is 3.85. The monoisotopic (exact) mass is 357 g/mol. The highest BCUT2D eigenvalue weighted by molar-refractivity contribution is 5.78. The number of ether oxygens (including phenoxy) is 1. The zero-order chi connectivity index (χ0) is 18.6. The molecule has 9 heteroatoms. The van der Waals surface area contributed by atoms with Gasteiger partial charge < -0.3 is 15.0 Å². The fraction of sp³-hybridized carbons (Fsp3) is 0.562. The van der Waals surface area contributed by atoms with E-state index in [9.17, 15) is 23.7 Å². The van der Waals surface area contributed by atoms with Crippen molar-refractivity contribution in [2.24, 2.45) is 5.92 Å². The molecule has 25 heavy (non-hydrogen) atoms. The smallest absolute Gasteiger partial charge is 0.387 e. The summed E-state index contributed by atoms with van der Waals surface area (Å²) in [5.41, 5.74) is 0.0375. The van der Waals surface area contributed by atoms with E-state index in [1.54, 1.807) is 13.8 Å². The number of benzene rings is 1. The van der Waals surface area contributed by atoms with Crippen LogP contribution in [0.25, 0.3) is 0 Å². The topological polar surface area (TPSA) is 84.7 Å². The molecule has 1 unspecified atom stereocenters. The van der Waals surface area contributed by atoms with Crippen molar-refractivity contribution < 1.29 is 23.2 Å². The quantitative estimate of drug-likeness (QED) is 0.625. The minimum atomic E-state index is -3.15. The van der Waals surface area contributed by atoms with Gasteiger partial charge in [0.1, 0.15) is 0 Å². The van der Waals surface area contributed by atoms with Crippen LogP contribution in [0.15, 0.2) is 18.2 Å². The van der Waals surface area contributed by atoms with Gasteiger partial charge in [0, 0.05) is 42.9 Å². The van der Waals surface area contributed by atoms with E-state index in [1.165, 1.54) is 12.1 Å². The van der Waals surface area contributed by atoms with Gasteiger partial charge in [0.25, 0.3) is 0 Å². The van der Waals surface area contributed by atoms with Crippen LogP contribution in [0.2, 0.25) is 0 Å². The maximum Gasteiger partial charge on any atom is 0.387 e. The second kappa shape index (κ2) is 8.09. The van der Waals surface area contributed by atoms with Gasteiger partial charge in [-0.15, -0.1) is 0 Å². The lowest BCUT2D eigenvalue weighted by Gasteiger charge is -2.35. The number of nitro groups is 1. The molecular formula is C16H21F2N3O4. The molecule has 7 nitrogen and oxygen atoms in total. The third-order valence-electron chi connectivity index (χ3n) is 4.01. The van der Waals surface area contributed by atoms with Gasteiger partial charge in [0.2, 0.25) is 11.7 Å². The number of rotatable bonds is 6. The van der Waals surface area contributed by atoms with E-state index < -0.39 is 23.0 Å². The number of hydrogen-bond acceptors (Lipinski definition) is 5. The Morgan fingerprint density at radius 2 is 2.16 bits per heavy atom. The number of anilines is 1. The average Bonchev–Trinajstić information content (AvgIpc) is 2.54. The van der Waals surface area contributed by atoms with E-state index >= 15 is 0 Å². The zero-order valence-electron chi connectivity index (χ0n) is 14.1. The fourth-order valence-corrected chi connectivity index (χ4v) is 2.74. The molecule has 1 aliphatic heterocycles. The van der Waals surface area contributed by atoms with E-state index in [4.69, 9.17) is 0 Å². The van der Waals surface area contributed by atoms with Crippen molar-refractivity contribution in [1.29, 1.82) is 0 Å². The van der Waals surface area contributed by atoms with Gasteiger partial charge in [-0.25, -0.2) is 0 Å². The first-order valence-electron chi connectivity index (χ1n) is 8.06. The molecule has 0 bridgehead atoms. The molecular weight excluding hydrogens is 336 g/mol. The van der Waals surface area contributed by atoms with Crippen LogP contribution in [0.3, 0.4) is 0 Å². The number of nitrogens with one attached hydrogen (secondary N) is 1. The molecule has 1 fully saturated rings. The number of halogens is 2. The van der Waals surface area contributed by atoms with E-state index in [-0.39, 0.29) is 17.9 Å². The first-order valence-corrected chi connectivity index (χ1v) is 8.06. The number of piperidine rings is 1. The minimum Gasteiger partial charge on any atom is -0.427 e. The van der Waals surface area contributed by atoms with Crippen LogP contribution in [-0.4, -0.2) is 36.6 Å². The lowest BCUT2D eigenvalue weighted by atomic mass is 10.0. The predicted octanol–water partition coefficient (Wildman–Crippen LogP) is 2.94. The molecule has 1 aliphatic rings. The molecule has 1 aromatic carbocycles. The van der Waals surface area contributed by atoms with Gasteiger partial charge >= 0.3 is 12.3 Å². The highest BCUT2D eigenvalue weighted by atomic mass is 19.3. The van der Waals surface area contributed by atoms with Crippen molar-refractivity contribution in [3.05, 3.63) is 28.3 Å². The van der Waals surface area contributed by atoms with Crippen molar-refractivity contribution in [1.82, 2.24) is 5.32 Å². The Bertz CT molecular complexity index is 640.